The number of rotatable bonds is 6. The molecule has 0 amide bonds. The molecule has 2 rings (SSSR count). The van der Waals surface area contributed by atoms with Gasteiger partial charge in [-0.15, -0.1) is 0 Å². The molecule has 1 aromatic rings. The minimum Gasteiger partial charge on any atom is -0.324 e. The van der Waals surface area contributed by atoms with Gasteiger partial charge in [0.1, 0.15) is 5.15 Å². The van der Waals surface area contributed by atoms with Crippen molar-refractivity contribution in [3.63, 3.8) is 0 Å². The third kappa shape index (κ3) is 3.33. The molecule has 1 aliphatic heterocycles. The van der Waals surface area contributed by atoms with Gasteiger partial charge >= 0.3 is 0 Å². The van der Waals surface area contributed by atoms with Crippen molar-refractivity contribution in [2.24, 2.45) is 7.05 Å². The van der Waals surface area contributed by atoms with E-state index >= 15 is 0 Å². The van der Waals surface area contributed by atoms with Gasteiger partial charge in [-0.3, -0.25) is 4.90 Å². The van der Waals surface area contributed by atoms with Crippen LogP contribution in [0, 0.1) is 0 Å². The van der Waals surface area contributed by atoms with E-state index in [4.69, 9.17) is 11.6 Å². The number of likely N-dealkylation sites (tertiary alicyclic amines) is 1. The summed E-state index contributed by atoms with van der Waals surface area (Å²) >= 11 is 5.94. The van der Waals surface area contributed by atoms with Gasteiger partial charge in [-0.25, -0.2) is 18.1 Å². The van der Waals surface area contributed by atoms with Crippen LogP contribution in [0.4, 0.5) is 0 Å². The van der Waals surface area contributed by atoms with E-state index in [2.05, 4.69) is 21.5 Å². The van der Waals surface area contributed by atoms with Crippen molar-refractivity contribution < 1.29 is 8.42 Å². The first kappa shape index (κ1) is 15.8. The molecule has 1 atom stereocenters. The molecule has 1 unspecified atom stereocenters. The van der Waals surface area contributed by atoms with Crippen molar-refractivity contribution in [3.05, 3.63) is 11.5 Å². The number of imidazole rings is 1. The summed E-state index contributed by atoms with van der Waals surface area (Å²) in [7, 11) is -1.99. The van der Waals surface area contributed by atoms with Crippen LogP contribution in [-0.4, -0.2) is 48.5 Å². The molecule has 0 bridgehead atoms. The smallest absolute Gasteiger partial charge is 0.261 e. The average Bonchev–Trinajstić information content (AvgIpc) is 3.02. The van der Waals surface area contributed by atoms with Gasteiger partial charge in [0.2, 0.25) is 5.03 Å². The summed E-state index contributed by atoms with van der Waals surface area (Å²) in [5.74, 6) is 0. The molecule has 1 aliphatic rings. The molecule has 0 radical (unpaired) electrons. The number of nitrogens with zero attached hydrogens (tertiary/aromatic N) is 3. The van der Waals surface area contributed by atoms with Gasteiger partial charge in [0.05, 0.1) is 6.33 Å². The lowest BCUT2D eigenvalue weighted by Crippen LogP contribution is -2.42. The van der Waals surface area contributed by atoms with E-state index in [1.807, 2.05) is 0 Å². The van der Waals surface area contributed by atoms with Crippen LogP contribution in [-0.2, 0) is 17.1 Å². The first-order valence-corrected chi connectivity index (χ1v) is 8.72. The topological polar surface area (TPSA) is 67.2 Å². The Morgan fingerprint density at radius 3 is 2.60 bits per heavy atom. The van der Waals surface area contributed by atoms with Crippen LogP contribution in [0.3, 0.4) is 0 Å². The number of hydrogen-bond donors (Lipinski definition) is 1. The zero-order valence-corrected chi connectivity index (χ0v) is 13.4. The molecule has 6 nitrogen and oxygen atoms in total. The van der Waals surface area contributed by atoms with E-state index in [1.54, 1.807) is 7.05 Å². The van der Waals surface area contributed by atoms with Gasteiger partial charge in [0.15, 0.2) is 0 Å². The fourth-order valence-electron chi connectivity index (χ4n) is 2.49. The Kier molecular flexibility index (Phi) is 5.06. The quantitative estimate of drug-likeness (QED) is 0.856. The van der Waals surface area contributed by atoms with Gasteiger partial charge in [-0.1, -0.05) is 18.5 Å². The summed E-state index contributed by atoms with van der Waals surface area (Å²) in [6, 6.07) is 0.231. The Morgan fingerprint density at radius 2 is 2.10 bits per heavy atom. The van der Waals surface area contributed by atoms with Gasteiger partial charge in [-0.2, -0.15) is 0 Å². The SMILES string of the molecule is CCC(CNS(=O)(=O)c1ncn(C)c1Cl)N1CCCC1. The number of halogens is 1. The largest absolute Gasteiger partial charge is 0.324 e. The summed E-state index contributed by atoms with van der Waals surface area (Å²) in [4.78, 5) is 6.19. The first-order chi connectivity index (χ1) is 9.45. The molecule has 20 heavy (non-hydrogen) atoms. The molecule has 1 fully saturated rings. The number of aromatic nitrogens is 2. The molecular weight excluding hydrogens is 300 g/mol. The first-order valence-electron chi connectivity index (χ1n) is 6.86. The maximum atomic E-state index is 12.2. The van der Waals surface area contributed by atoms with Crippen LogP contribution in [0.5, 0.6) is 0 Å². The van der Waals surface area contributed by atoms with E-state index in [0.29, 0.717) is 6.54 Å². The normalized spacial score (nSPS) is 18.6. The Hall–Kier alpha value is -0.630. The van der Waals surface area contributed by atoms with Crippen LogP contribution in [0.15, 0.2) is 11.4 Å². The Labute approximate surface area is 125 Å². The maximum absolute atomic E-state index is 12.2. The molecule has 1 aromatic heterocycles. The Morgan fingerprint density at radius 1 is 1.45 bits per heavy atom. The van der Waals surface area contributed by atoms with Crippen molar-refractivity contribution in [3.8, 4) is 0 Å². The fourth-order valence-corrected chi connectivity index (χ4v) is 3.98. The van der Waals surface area contributed by atoms with E-state index in [1.165, 1.54) is 23.7 Å². The fraction of sp³-hybridized carbons (Fsp3) is 0.750. The standard InChI is InChI=1S/C12H21ClN4O2S/c1-3-10(17-6-4-5-7-17)8-15-20(18,19)12-11(13)16(2)9-14-12/h9-10,15H,3-8H2,1-2H3. The summed E-state index contributed by atoms with van der Waals surface area (Å²) in [5.41, 5.74) is 0. The monoisotopic (exact) mass is 320 g/mol. The van der Waals surface area contributed by atoms with Crippen molar-refractivity contribution in [1.29, 1.82) is 0 Å². The molecule has 0 spiro atoms. The number of hydrogen-bond acceptors (Lipinski definition) is 4. The lowest BCUT2D eigenvalue weighted by Gasteiger charge is -2.26. The van der Waals surface area contributed by atoms with Gasteiger partial charge < -0.3 is 4.57 Å². The number of nitrogens with one attached hydrogen (secondary N) is 1. The molecule has 0 aromatic carbocycles. The lowest BCUT2D eigenvalue weighted by atomic mass is 10.2. The van der Waals surface area contributed by atoms with Crippen LogP contribution in [0.25, 0.3) is 0 Å². The van der Waals surface area contributed by atoms with Crippen molar-refractivity contribution >= 4 is 21.6 Å². The van der Waals surface area contributed by atoms with Gasteiger partial charge in [-0.05, 0) is 32.4 Å². The molecule has 2 heterocycles. The van der Waals surface area contributed by atoms with Crippen molar-refractivity contribution in [2.75, 3.05) is 19.6 Å². The minimum absolute atomic E-state index is 0.0991. The summed E-state index contributed by atoms with van der Waals surface area (Å²) < 4.78 is 28.5. The molecule has 0 saturated carbocycles. The summed E-state index contributed by atoms with van der Waals surface area (Å²) in [6.07, 6.45) is 4.69. The molecule has 8 heteroatoms. The highest BCUT2D eigenvalue weighted by Crippen LogP contribution is 2.19. The van der Waals surface area contributed by atoms with E-state index in [9.17, 15) is 8.42 Å². The average molecular weight is 321 g/mol. The Balaban J connectivity index is 2.03. The highest BCUT2D eigenvalue weighted by molar-refractivity contribution is 7.89. The molecule has 1 N–H and O–H groups in total. The highest BCUT2D eigenvalue weighted by atomic mass is 35.5. The second-order valence-electron chi connectivity index (χ2n) is 5.11. The predicted octanol–water partition coefficient (Wildman–Crippen LogP) is 1.23. The zero-order chi connectivity index (χ0) is 14.8. The van der Waals surface area contributed by atoms with Crippen LogP contribution in [0.1, 0.15) is 26.2 Å². The second kappa shape index (κ2) is 6.43. The highest BCUT2D eigenvalue weighted by Gasteiger charge is 2.26. The van der Waals surface area contributed by atoms with Crippen molar-refractivity contribution in [2.45, 2.75) is 37.3 Å². The van der Waals surface area contributed by atoms with Crippen LogP contribution >= 0.6 is 11.6 Å². The predicted molar refractivity (Wildman–Crippen MR) is 78.3 cm³/mol. The molecular formula is C12H21ClN4O2S. The van der Waals surface area contributed by atoms with Crippen LogP contribution in [0.2, 0.25) is 5.15 Å². The minimum atomic E-state index is -3.65. The zero-order valence-electron chi connectivity index (χ0n) is 11.8. The van der Waals surface area contributed by atoms with Gasteiger partial charge in [0, 0.05) is 19.6 Å². The van der Waals surface area contributed by atoms with E-state index in [-0.39, 0.29) is 16.2 Å². The second-order valence-corrected chi connectivity index (χ2v) is 7.15. The third-order valence-corrected chi connectivity index (χ3v) is 5.64. The third-order valence-electron chi connectivity index (χ3n) is 3.73. The van der Waals surface area contributed by atoms with E-state index < -0.39 is 10.0 Å². The maximum Gasteiger partial charge on any atom is 0.261 e. The van der Waals surface area contributed by atoms with Crippen LogP contribution < -0.4 is 4.72 Å². The number of aryl methyl sites for hydroxylation is 1. The number of sulfonamides is 1. The summed E-state index contributed by atoms with van der Waals surface area (Å²) in [6.45, 7) is 4.56. The lowest BCUT2D eigenvalue weighted by molar-refractivity contribution is 0.237. The van der Waals surface area contributed by atoms with Crippen molar-refractivity contribution in [1.82, 2.24) is 19.2 Å². The Bertz CT molecular complexity index is 552. The molecule has 114 valence electrons. The molecule has 0 aliphatic carbocycles. The molecule has 1 saturated heterocycles. The van der Waals surface area contributed by atoms with E-state index in [0.717, 1.165) is 19.5 Å². The van der Waals surface area contributed by atoms with Gasteiger partial charge in [0.25, 0.3) is 10.0 Å². The summed E-state index contributed by atoms with van der Waals surface area (Å²) in [5, 5.41) is 0.0321.